The summed E-state index contributed by atoms with van der Waals surface area (Å²) in [7, 11) is 0. The van der Waals surface area contributed by atoms with Gasteiger partial charge in [-0.1, -0.05) is 23.7 Å². The van der Waals surface area contributed by atoms with Gasteiger partial charge in [0.15, 0.2) is 11.3 Å². The monoisotopic (exact) mass is 650 g/mol. The molecule has 212 valence electrons. The molecule has 41 heavy (non-hydrogen) atoms. The fourth-order valence-corrected chi connectivity index (χ4v) is 4.37. The fraction of sp³-hybridized carbons (Fsp3) is 0.154. The Morgan fingerprint density at radius 2 is 1.15 bits per heavy atom. The van der Waals surface area contributed by atoms with E-state index in [0.29, 0.717) is 16.2 Å². The van der Waals surface area contributed by atoms with E-state index in [-0.39, 0.29) is 5.56 Å². The van der Waals surface area contributed by atoms with E-state index < -0.39 is 5.20 Å². The minimum Gasteiger partial charge on any atom is -0.312 e. The van der Waals surface area contributed by atoms with Crippen LogP contribution in [0, 0.1) is 27.7 Å². The molecule has 0 bridgehead atoms. The van der Waals surface area contributed by atoms with Crippen LogP contribution in [0.15, 0.2) is 66.2 Å². The Morgan fingerprint density at radius 3 is 1.63 bits per heavy atom. The summed E-state index contributed by atoms with van der Waals surface area (Å²) >= 11 is 19.9. The molecule has 0 radical (unpaired) electrons. The van der Waals surface area contributed by atoms with Crippen molar-refractivity contribution in [2.75, 3.05) is 0 Å². The van der Waals surface area contributed by atoms with Crippen molar-refractivity contribution in [2.24, 2.45) is 0 Å². The predicted octanol–water partition coefficient (Wildman–Crippen LogP) is 7.62. The Kier molecular flexibility index (Phi) is 9.51. The summed E-state index contributed by atoms with van der Waals surface area (Å²) in [4.78, 5) is 26.5. The number of aromatic nitrogens is 8. The van der Waals surface area contributed by atoms with Gasteiger partial charge in [-0.2, -0.15) is 10.2 Å². The van der Waals surface area contributed by atoms with Gasteiger partial charge in [-0.05, 0) is 108 Å². The molecule has 0 atom stereocenters. The number of halogens is 4. The predicted molar refractivity (Wildman–Crippen MR) is 165 cm³/mol. The van der Waals surface area contributed by atoms with Crippen LogP contribution in [-0.2, 0) is 4.57 Å². The van der Waals surface area contributed by atoms with Gasteiger partial charge in [0.1, 0.15) is 16.9 Å². The molecule has 4 aromatic heterocycles. The molecule has 0 saturated heterocycles. The van der Waals surface area contributed by atoms with Gasteiger partial charge in [-0.3, -0.25) is 9.36 Å². The van der Waals surface area contributed by atoms with Crippen LogP contribution in [0.2, 0.25) is 5.15 Å². The molecule has 1 N–H and O–H groups in total. The molecule has 0 aliphatic rings. The van der Waals surface area contributed by atoms with Crippen molar-refractivity contribution in [1.82, 2.24) is 39.5 Å². The summed E-state index contributed by atoms with van der Waals surface area (Å²) < 4.78 is 13.0. The number of benzene rings is 2. The van der Waals surface area contributed by atoms with E-state index in [0.717, 1.165) is 33.5 Å². The van der Waals surface area contributed by atoms with Gasteiger partial charge in [0, 0.05) is 0 Å². The number of H-pyrrole nitrogens is 1. The average molecular weight is 652 g/mol. The summed E-state index contributed by atoms with van der Waals surface area (Å²) in [6.45, 7) is 8.18. The van der Waals surface area contributed by atoms with Crippen molar-refractivity contribution in [3.63, 3.8) is 0 Å². The molecule has 0 aliphatic heterocycles. The van der Waals surface area contributed by atoms with Crippen LogP contribution in [0.5, 0.6) is 0 Å². The first-order valence-corrected chi connectivity index (χ1v) is 16.7. The Bertz CT molecular complexity index is 1920. The standard InChI is InChI=1S/C13H11ClN4.C13H12N4O.Cl3OP/c1-8-3-9(2)5-10(4-8)18-13-11(6-17-18)12(14)15-7-16-13;1-8-3-9(2)5-10(4-8)17-12-11(6-16-17)13(18)15-7-14-12;1-5(2,3)4/h3-7H,1-2H3;3-7H,1-2H3,(H,14,15,18);. The molecule has 0 spiro atoms. The van der Waals surface area contributed by atoms with Crippen LogP contribution < -0.4 is 5.56 Å². The third-order valence-corrected chi connectivity index (χ3v) is 5.89. The van der Waals surface area contributed by atoms with E-state index in [4.69, 9.17) is 11.6 Å². The Hall–Kier alpha value is -3.27. The quantitative estimate of drug-likeness (QED) is 0.151. The van der Waals surface area contributed by atoms with Crippen LogP contribution in [0.25, 0.3) is 33.4 Å². The van der Waals surface area contributed by atoms with Gasteiger partial charge in [-0.15, -0.1) is 0 Å². The first-order chi connectivity index (χ1) is 19.3. The van der Waals surface area contributed by atoms with E-state index in [9.17, 15) is 9.36 Å². The second kappa shape index (κ2) is 12.7. The molecule has 4 heterocycles. The van der Waals surface area contributed by atoms with Gasteiger partial charge in [0.25, 0.3) is 5.56 Å². The van der Waals surface area contributed by atoms with Gasteiger partial charge in [0.2, 0.25) is 0 Å². The average Bonchev–Trinajstić information content (AvgIpc) is 3.49. The molecule has 2 aromatic carbocycles. The number of aromatic amines is 1. The zero-order chi connectivity index (χ0) is 29.9. The number of hydrogen-bond acceptors (Lipinski definition) is 7. The van der Waals surface area contributed by atoms with E-state index in [1.54, 1.807) is 21.8 Å². The molecular formula is C26H23Cl4N8O2P. The lowest BCUT2D eigenvalue weighted by atomic mass is 10.1. The van der Waals surface area contributed by atoms with Crippen molar-refractivity contribution in [2.45, 2.75) is 27.7 Å². The Morgan fingerprint density at radius 1 is 0.707 bits per heavy atom. The van der Waals surface area contributed by atoms with Crippen LogP contribution in [0.3, 0.4) is 0 Å². The highest BCUT2D eigenvalue weighted by atomic mass is 36.0. The normalized spacial score (nSPS) is 11.1. The van der Waals surface area contributed by atoms with Crippen LogP contribution in [0.1, 0.15) is 22.3 Å². The van der Waals surface area contributed by atoms with Crippen molar-refractivity contribution in [3.8, 4) is 11.4 Å². The van der Waals surface area contributed by atoms with Crippen LogP contribution in [0.4, 0.5) is 0 Å². The van der Waals surface area contributed by atoms with Crippen molar-refractivity contribution < 1.29 is 4.57 Å². The highest BCUT2D eigenvalue weighted by molar-refractivity contribution is 8.24. The molecule has 15 heteroatoms. The molecule has 6 rings (SSSR count). The smallest absolute Gasteiger partial charge is 0.312 e. The minimum absolute atomic E-state index is 0.171. The van der Waals surface area contributed by atoms with E-state index in [2.05, 4.69) is 102 Å². The van der Waals surface area contributed by atoms with Crippen molar-refractivity contribution in [3.05, 3.63) is 99.2 Å². The molecule has 0 amide bonds. The summed E-state index contributed by atoms with van der Waals surface area (Å²) in [6.07, 6.45) is 6.07. The minimum atomic E-state index is -3.22. The molecule has 0 aliphatic carbocycles. The van der Waals surface area contributed by atoms with Gasteiger partial charge in [-0.25, -0.2) is 24.3 Å². The number of nitrogens with zero attached hydrogens (tertiary/aromatic N) is 7. The van der Waals surface area contributed by atoms with Crippen LogP contribution in [-0.4, -0.2) is 39.5 Å². The number of nitrogens with one attached hydrogen (secondary N) is 1. The lowest BCUT2D eigenvalue weighted by molar-refractivity contribution is 0.600. The second-order valence-corrected chi connectivity index (χ2v) is 16.1. The maximum absolute atomic E-state index is 11.6. The van der Waals surface area contributed by atoms with Crippen molar-refractivity contribution in [1.29, 1.82) is 0 Å². The van der Waals surface area contributed by atoms with Gasteiger partial charge in [0.05, 0.1) is 35.5 Å². The topological polar surface area (TPSA) is 124 Å². The fourth-order valence-electron chi connectivity index (χ4n) is 4.20. The van der Waals surface area contributed by atoms with Gasteiger partial charge >= 0.3 is 5.20 Å². The highest BCUT2D eigenvalue weighted by Gasteiger charge is 2.11. The van der Waals surface area contributed by atoms with Crippen LogP contribution >= 0.6 is 50.5 Å². The third kappa shape index (κ3) is 7.93. The van der Waals surface area contributed by atoms with Crippen molar-refractivity contribution >= 4 is 72.6 Å². The Balaban J connectivity index is 0.000000163. The first kappa shape index (κ1) is 30.7. The third-order valence-electron chi connectivity index (χ3n) is 5.59. The molecule has 0 unspecified atom stereocenters. The first-order valence-electron chi connectivity index (χ1n) is 11.9. The highest BCUT2D eigenvalue weighted by Crippen LogP contribution is 2.61. The molecule has 0 fully saturated rings. The molecule has 6 aromatic rings. The zero-order valence-corrected chi connectivity index (χ0v) is 26.1. The zero-order valence-electron chi connectivity index (χ0n) is 22.2. The Labute approximate surface area is 254 Å². The summed E-state index contributed by atoms with van der Waals surface area (Å²) in [5, 5.41) is 7.04. The molecule has 10 nitrogen and oxygen atoms in total. The number of aryl methyl sites for hydroxylation is 4. The molecule has 0 saturated carbocycles. The summed E-state index contributed by atoms with van der Waals surface area (Å²) in [6, 6.07) is 12.4. The lowest BCUT2D eigenvalue weighted by Gasteiger charge is -2.05. The molecular weight excluding hydrogens is 629 g/mol. The maximum Gasteiger partial charge on any atom is 0.339 e. The number of fused-ring (bicyclic) bond motifs is 2. The SMILES string of the molecule is Cc1cc(C)cc(-n2ncc3c(=O)[nH]cnc32)c1.Cc1cc(C)cc(-n2ncc3c(Cl)ncnc32)c1.O=P(Cl)(Cl)Cl. The largest absolute Gasteiger partial charge is 0.339 e. The summed E-state index contributed by atoms with van der Waals surface area (Å²) in [5.74, 6) is 0. The van der Waals surface area contributed by atoms with E-state index in [1.807, 2.05) is 26.0 Å². The van der Waals surface area contributed by atoms with E-state index in [1.165, 1.54) is 23.8 Å². The number of hydrogen-bond donors (Lipinski definition) is 1. The number of rotatable bonds is 2. The lowest BCUT2D eigenvalue weighted by Crippen LogP contribution is -2.06. The van der Waals surface area contributed by atoms with E-state index >= 15 is 0 Å². The second-order valence-electron chi connectivity index (χ2n) is 9.07. The maximum atomic E-state index is 11.6. The summed E-state index contributed by atoms with van der Waals surface area (Å²) in [5.41, 5.74) is 7.71. The van der Waals surface area contributed by atoms with Gasteiger partial charge < -0.3 is 4.98 Å².